The fraction of sp³-hybridized carbons (Fsp3) is 0.933. The van der Waals surface area contributed by atoms with Crippen molar-refractivity contribution in [3.8, 4) is 0 Å². The molecule has 2 unspecified atom stereocenters. The highest BCUT2D eigenvalue weighted by molar-refractivity contribution is 5.78. The molecule has 0 saturated heterocycles. The van der Waals surface area contributed by atoms with E-state index in [1.165, 1.54) is 26.4 Å². The lowest BCUT2D eigenvalue weighted by atomic mass is 9.73. The van der Waals surface area contributed by atoms with Crippen LogP contribution in [0.2, 0.25) is 0 Å². The SMILES string of the molecule is CCCCC(CC)CC(CN)(C(=O)OC)C1CC1. The van der Waals surface area contributed by atoms with Gasteiger partial charge in [-0.2, -0.15) is 0 Å². The van der Waals surface area contributed by atoms with E-state index in [1.807, 2.05) is 0 Å². The topological polar surface area (TPSA) is 52.3 Å². The first kappa shape index (κ1) is 15.5. The Kier molecular flexibility index (Phi) is 6.13. The number of methoxy groups -OCH3 is 1. The monoisotopic (exact) mass is 255 g/mol. The molecule has 1 saturated carbocycles. The van der Waals surface area contributed by atoms with E-state index in [9.17, 15) is 4.79 Å². The first-order valence-electron chi connectivity index (χ1n) is 7.43. The summed E-state index contributed by atoms with van der Waals surface area (Å²) in [6.07, 6.45) is 7.98. The summed E-state index contributed by atoms with van der Waals surface area (Å²) >= 11 is 0. The van der Waals surface area contributed by atoms with E-state index in [4.69, 9.17) is 10.5 Å². The number of unbranched alkanes of at least 4 members (excludes halogenated alkanes) is 1. The van der Waals surface area contributed by atoms with Gasteiger partial charge in [0.1, 0.15) is 0 Å². The highest BCUT2D eigenvalue weighted by atomic mass is 16.5. The number of nitrogens with two attached hydrogens (primary N) is 1. The van der Waals surface area contributed by atoms with Gasteiger partial charge >= 0.3 is 5.97 Å². The van der Waals surface area contributed by atoms with Crippen LogP contribution in [0.4, 0.5) is 0 Å². The summed E-state index contributed by atoms with van der Waals surface area (Å²) < 4.78 is 5.04. The normalized spacial score (nSPS) is 20.2. The second-order valence-corrected chi connectivity index (χ2v) is 5.75. The average Bonchev–Trinajstić information content (AvgIpc) is 3.23. The molecule has 3 heteroatoms. The first-order valence-corrected chi connectivity index (χ1v) is 7.43. The van der Waals surface area contributed by atoms with Crippen LogP contribution in [0.5, 0.6) is 0 Å². The van der Waals surface area contributed by atoms with Gasteiger partial charge in [0, 0.05) is 6.54 Å². The van der Waals surface area contributed by atoms with Crippen molar-refractivity contribution in [3.63, 3.8) is 0 Å². The van der Waals surface area contributed by atoms with Gasteiger partial charge in [-0.25, -0.2) is 0 Å². The van der Waals surface area contributed by atoms with E-state index in [0.717, 1.165) is 25.7 Å². The molecule has 0 heterocycles. The molecule has 1 aliphatic carbocycles. The van der Waals surface area contributed by atoms with Gasteiger partial charge in [0.2, 0.25) is 0 Å². The van der Waals surface area contributed by atoms with Crippen LogP contribution in [0.1, 0.15) is 58.8 Å². The largest absolute Gasteiger partial charge is 0.469 e. The van der Waals surface area contributed by atoms with Crippen LogP contribution in [-0.4, -0.2) is 19.6 Å². The lowest BCUT2D eigenvalue weighted by molar-refractivity contribution is -0.155. The molecule has 0 aliphatic heterocycles. The van der Waals surface area contributed by atoms with E-state index in [2.05, 4.69) is 13.8 Å². The van der Waals surface area contributed by atoms with Crippen molar-refractivity contribution in [2.24, 2.45) is 23.0 Å². The Hall–Kier alpha value is -0.570. The van der Waals surface area contributed by atoms with Crippen LogP contribution in [-0.2, 0) is 9.53 Å². The van der Waals surface area contributed by atoms with Gasteiger partial charge in [0.25, 0.3) is 0 Å². The third kappa shape index (κ3) is 3.47. The number of ether oxygens (including phenoxy) is 1. The van der Waals surface area contributed by atoms with E-state index < -0.39 is 5.41 Å². The Bertz CT molecular complexity index is 263. The van der Waals surface area contributed by atoms with Crippen LogP contribution < -0.4 is 5.73 Å². The molecule has 1 fully saturated rings. The van der Waals surface area contributed by atoms with E-state index in [1.54, 1.807) is 0 Å². The second-order valence-electron chi connectivity index (χ2n) is 5.75. The summed E-state index contributed by atoms with van der Waals surface area (Å²) in [6, 6.07) is 0. The van der Waals surface area contributed by atoms with Crippen LogP contribution in [0.15, 0.2) is 0 Å². The third-order valence-electron chi connectivity index (χ3n) is 4.51. The third-order valence-corrected chi connectivity index (χ3v) is 4.51. The number of hydrogen-bond acceptors (Lipinski definition) is 3. The Labute approximate surface area is 111 Å². The molecule has 106 valence electrons. The van der Waals surface area contributed by atoms with Crippen molar-refractivity contribution in [2.45, 2.75) is 58.8 Å². The van der Waals surface area contributed by atoms with Gasteiger partial charge in [-0.1, -0.05) is 39.5 Å². The summed E-state index contributed by atoms with van der Waals surface area (Å²) in [4.78, 5) is 12.2. The Morgan fingerprint density at radius 3 is 2.50 bits per heavy atom. The molecule has 0 bridgehead atoms. The Morgan fingerprint density at radius 2 is 2.11 bits per heavy atom. The van der Waals surface area contributed by atoms with Crippen LogP contribution in [0, 0.1) is 17.3 Å². The van der Waals surface area contributed by atoms with Gasteiger partial charge in [-0.3, -0.25) is 4.79 Å². The maximum Gasteiger partial charge on any atom is 0.313 e. The summed E-state index contributed by atoms with van der Waals surface area (Å²) in [5.41, 5.74) is 5.56. The molecule has 1 rings (SSSR count). The van der Waals surface area contributed by atoms with Crippen LogP contribution in [0.25, 0.3) is 0 Å². The quantitative estimate of drug-likeness (QED) is 0.644. The molecule has 0 amide bonds. The Morgan fingerprint density at radius 1 is 1.44 bits per heavy atom. The molecule has 2 N–H and O–H groups in total. The number of rotatable bonds is 9. The van der Waals surface area contributed by atoms with Crippen molar-refractivity contribution in [1.82, 2.24) is 0 Å². The summed E-state index contributed by atoms with van der Waals surface area (Å²) in [7, 11) is 1.49. The van der Waals surface area contributed by atoms with Crippen LogP contribution >= 0.6 is 0 Å². The molecule has 3 nitrogen and oxygen atoms in total. The number of carbonyl (C=O) groups excluding carboxylic acids is 1. The predicted molar refractivity (Wildman–Crippen MR) is 74.2 cm³/mol. The van der Waals surface area contributed by atoms with E-state index in [-0.39, 0.29) is 5.97 Å². The molecule has 0 aromatic heterocycles. The maximum atomic E-state index is 12.2. The molecule has 0 radical (unpaired) electrons. The molecule has 1 aliphatic rings. The summed E-state index contributed by atoms with van der Waals surface area (Å²) in [6.45, 7) is 4.86. The van der Waals surface area contributed by atoms with E-state index in [0.29, 0.717) is 18.4 Å². The van der Waals surface area contributed by atoms with Crippen molar-refractivity contribution in [2.75, 3.05) is 13.7 Å². The van der Waals surface area contributed by atoms with E-state index >= 15 is 0 Å². The fourth-order valence-corrected chi connectivity index (χ4v) is 3.05. The molecule has 18 heavy (non-hydrogen) atoms. The van der Waals surface area contributed by atoms with Crippen molar-refractivity contribution in [3.05, 3.63) is 0 Å². The summed E-state index contributed by atoms with van der Waals surface area (Å²) in [5.74, 6) is 0.987. The molecule has 0 aromatic rings. The molecular formula is C15H29NO2. The molecule has 0 aromatic carbocycles. The predicted octanol–water partition coefficient (Wildman–Crippen LogP) is 3.12. The first-order chi connectivity index (χ1) is 8.64. The maximum absolute atomic E-state index is 12.2. The fourth-order valence-electron chi connectivity index (χ4n) is 3.05. The zero-order valence-corrected chi connectivity index (χ0v) is 12.2. The number of hydrogen-bond donors (Lipinski definition) is 1. The van der Waals surface area contributed by atoms with Crippen molar-refractivity contribution in [1.29, 1.82) is 0 Å². The van der Waals surface area contributed by atoms with Gasteiger partial charge in [0.05, 0.1) is 12.5 Å². The second kappa shape index (κ2) is 7.13. The highest BCUT2D eigenvalue weighted by Crippen LogP contribution is 2.50. The average molecular weight is 255 g/mol. The zero-order valence-electron chi connectivity index (χ0n) is 12.2. The standard InChI is InChI=1S/C15H29NO2/c1-4-6-7-12(5-2)10-15(11-16,13-8-9-13)14(17)18-3/h12-13H,4-11,16H2,1-3H3. The van der Waals surface area contributed by atoms with Crippen molar-refractivity contribution >= 4 is 5.97 Å². The minimum atomic E-state index is -0.400. The Balaban J connectivity index is 2.72. The minimum absolute atomic E-state index is 0.0811. The van der Waals surface area contributed by atoms with Crippen LogP contribution in [0.3, 0.4) is 0 Å². The molecule has 0 spiro atoms. The number of carbonyl (C=O) groups is 1. The van der Waals surface area contributed by atoms with Gasteiger partial charge in [0.15, 0.2) is 0 Å². The van der Waals surface area contributed by atoms with Gasteiger partial charge in [-0.15, -0.1) is 0 Å². The van der Waals surface area contributed by atoms with Gasteiger partial charge < -0.3 is 10.5 Å². The highest BCUT2D eigenvalue weighted by Gasteiger charge is 2.51. The number of esters is 1. The van der Waals surface area contributed by atoms with Gasteiger partial charge in [-0.05, 0) is 31.1 Å². The minimum Gasteiger partial charge on any atom is -0.469 e. The lowest BCUT2D eigenvalue weighted by Gasteiger charge is -2.33. The van der Waals surface area contributed by atoms with Crippen molar-refractivity contribution < 1.29 is 9.53 Å². The smallest absolute Gasteiger partial charge is 0.313 e. The lowest BCUT2D eigenvalue weighted by Crippen LogP contribution is -2.43. The zero-order chi connectivity index (χ0) is 13.6. The summed E-state index contributed by atoms with van der Waals surface area (Å²) in [5, 5.41) is 0. The molecule has 2 atom stereocenters. The molecular weight excluding hydrogens is 226 g/mol.